The van der Waals surface area contributed by atoms with Crippen molar-refractivity contribution in [3.8, 4) is 0 Å². The number of rotatable bonds is 5. The molecule has 1 aromatic rings. The molecule has 4 heteroatoms. The molecule has 2 rings (SSSR count). The summed E-state index contributed by atoms with van der Waals surface area (Å²) >= 11 is 0. The largest absolute Gasteiger partial charge is 0.481 e. The van der Waals surface area contributed by atoms with E-state index in [0.717, 1.165) is 5.90 Å². The molecule has 1 aromatic carbocycles. The molecule has 0 aliphatic carbocycles. The van der Waals surface area contributed by atoms with Gasteiger partial charge in [-0.25, -0.2) is 4.99 Å². The van der Waals surface area contributed by atoms with Crippen molar-refractivity contribution in [1.29, 1.82) is 0 Å². The van der Waals surface area contributed by atoms with E-state index in [0.29, 0.717) is 19.4 Å². The van der Waals surface area contributed by atoms with Crippen LogP contribution in [0.25, 0.3) is 0 Å². The third-order valence-corrected chi connectivity index (χ3v) is 2.90. The van der Waals surface area contributed by atoms with Crippen LogP contribution in [0.15, 0.2) is 29.3 Å². The predicted molar refractivity (Wildman–Crippen MR) is 68.9 cm³/mol. The number of carboxylic acid groups (broad SMARTS) is 1. The van der Waals surface area contributed by atoms with Crippen molar-refractivity contribution in [3.05, 3.63) is 35.4 Å². The molecular formula is C14H17NO3. The lowest BCUT2D eigenvalue weighted by atomic mass is 10.1. The number of hydrogen-bond acceptors (Lipinski definition) is 3. The van der Waals surface area contributed by atoms with Crippen LogP contribution in [0.1, 0.15) is 24.0 Å². The van der Waals surface area contributed by atoms with Crippen LogP contribution >= 0.6 is 0 Å². The van der Waals surface area contributed by atoms with Crippen molar-refractivity contribution < 1.29 is 14.6 Å². The summed E-state index contributed by atoms with van der Waals surface area (Å²) in [7, 11) is 0. The van der Waals surface area contributed by atoms with Gasteiger partial charge in [-0.05, 0) is 18.9 Å². The highest BCUT2D eigenvalue weighted by molar-refractivity contribution is 5.80. The molecule has 1 heterocycles. The molecule has 96 valence electrons. The second kappa shape index (κ2) is 5.67. The first-order valence-corrected chi connectivity index (χ1v) is 6.10. The van der Waals surface area contributed by atoms with Gasteiger partial charge in [-0.1, -0.05) is 29.8 Å². The Morgan fingerprint density at radius 3 is 3.11 bits per heavy atom. The summed E-state index contributed by atoms with van der Waals surface area (Å²) in [5.41, 5.74) is 2.39. The van der Waals surface area contributed by atoms with Crippen molar-refractivity contribution in [3.63, 3.8) is 0 Å². The van der Waals surface area contributed by atoms with Crippen molar-refractivity contribution in [2.45, 2.75) is 32.2 Å². The third kappa shape index (κ3) is 3.58. The van der Waals surface area contributed by atoms with Crippen LogP contribution in [-0.4, -0.2) is 29.6 Å². The van der Waals surface area contributed by atoms with Gasteiger partial charge in [0.05, 0.1) is 6.04 Å². The summed E-state index contributed by atoms with van der Waals surface area (Å²) < 4.78 is 5.50. The summed E-state index contributed by atoms with van der Waals surface area (Å²) in [6.45, 7) is 2.56. The molecule has 0 fully saturated rings. The van der Waals surface area contributed by atoms with E-state index in [1.54, 1.807) is 0 Å². The van der Waals surface area contributed by atoms with Crippen LogP contribution in [0.3, 0.4) is 0 Å². The van der Waals surface area contributed by atoms with E-state index in [-0.39, 0.29) is 12.5 Å². The number of aliphatic imine (C=N–C) groups is 1. The molecule has 0 bridgehead atoms. The lowest BCUT2D eigenvalue weighted by Gasteiger charge is -2.02. The second-order valence-electron chi connectivity index (χ2n) is 4.59. The van der Waals surface area contributed by atoms with Gasteiger partial charge in [0.2, 0.25) is 0 Å². The molecule has 1 N–H and O–H groups in total. The maximum Gasteiger partial charge on any atom is 0.303 e. The minimum Gasteiger partial charge on any atom is -0.481 e. The molecule has 1 aliphatic heterocycles. The highest BCUT2D eigenvalue weighted by atomic mass is 16.5. The lowest BCUT2D eigenvalue weighted by molar-refractivity contribution is -0.137. The maximum absolute atomic E-state index is 10.5. The third-order valence-electron chi connectivity index (χ3n) is 2.90. The van der Waals surface area contributed by atoms with E-state index in [9.17, 15) is 4.79 Å². The topological polar surface area (TPSA) is 58.9 Å². The Morgan fingerprint density at radius 1 is 1.56 bits per heavy atom. The number of carboxylic acids is 1. The first-order valence-electron chi connectivity index (χ1n) is 6.10. The molecule has 1 aliphatic rings. The summed E-state index contributed by atoms with van der Waals surface area (Å²) in [5, 5.41) is 8.62. The van der Waals surface area contributed by atoms with Crippen LogP contribution in [0.5, 0.6) is 0 Å². The Hall–Kier alpha value is -1.84. The average Bonchev–Trinajstić information content (AvgIpc) is 2.74. The fraction of sp³-hybridized carbons (Fsp3) is 0.429. The van der Waals surface area contributed by atoms with Gasteiger partial charge in [0.15, 0.2) is 5.90 Å². The van der Waals surface area contributed by atoms with Gasteiger partial charge < -0.3 is 9.84 Å². The minimum absolute atomic E-state index is 0.000842. The fourth-order valence-corrected chi connectivity index (χ4v) is 2.00. The molecule has 1 atom stereocenters. The van der Waals surface area contributed by atoms with Gasteiger partial charge in [0.1, 0.15) is 6.61 Å². The van der Waals surface area contributed by atoms with Crippen molar-refractivity contribution in [1.82, 2.24) is 0 Å². The molecule has 0 saturated carbocycles. The number of benzene rings is 1. The fourth-order valence-electron chi connectivity index (χ4n) is 2.00. The van der Waals surface area contributed by atoms with Gasteiger partial charge in [-0.3, -0.25) is 4.79 Å². The van der Waals surface area contributed by atoms with Gasteiger partial charge in [-0.2, -0.15) is 0 Å². The zero-order chi connectivity index (χ0) is 13.0. The number of nitrogens with zero attached hydrogens (tertiary/aromatic N) is 1. The smallest absolute Gasteiger partial charge is 0.303 e. The van der Waals surface area contributed by atoms with Crippen LogP contribution < -0.4 is 0 Å². The molecule has 0 radical (unpaired) electrons. The normalized spacial score (nSPS) is 18.3. The van der Waals surface area contributed by atoms with Crippen molar-refractivity contribution >= 4 is 11.9 Å². The zero-order valence-electron chi connectivity index (χ0n) is 10.4. The van der Waals surface area contributed by atoms with Crippen LogP contribution in [-0.2, 0) is 16.0 Å². The molecule has 0 saturated heterocycles. The van der Waals surface area contributed by atoms with Crippen molar-refractivity contribution in [2.75, 3.05) is 6.61 Å². The number of carbonyl (C=O) groups is 1. The van der Waals surface area contributed by atoms with Gasteiger partial charge in [0.25, 0.3) is 0 Å². The highest BCUT2D eigenvalue weighted by Crippen LogP contribution is 2.14. The summed E-state index contributed by atoms with van der Waals surface area (Å²) in [4.78, 5) is 14.9. The molecule has 18 heavy (non-hydrogen) atoms. The molecule has 0 spiro atoms. The minimum atomic E-state index is -0.780. The predicted octanol–water partition coefficient (Wildman–Crippen LogP) is 2.20. The van der Waals surface area contributed by atoms with Crippen LogP contribution in [0.4, 0.5) is 0 Å². The van der Waals surface area contributed by atoms with Crippen LogP contribution in [0, 0.1) is 6.92 Å². The number of aliphatic carboxylic acids is 1. The maximum atomic E-state index is 10.5. The molecule has 0 amide bonds. The van der Waals surface area contributed by atoms with Crippen LogP contribution in [0.2, 0.25) is 0 Å². The quantitative estimate of drug-likeness (QED) is 0.867. The lowest BCUT2D eigenvalue weighted by Crippen LogP contribution is -2.09. The standard InChI is InChI=1S/C14H17NO3/c1-10-3-2-4-11(7-10)8-13-15-12(9-18-13)5-6-14(16)17/h2-4,7,12H,5-6,8-9H2,1H3,(H,16,17). The second-order valence-corrected chi connectivity index (χ2v) is 4.59. The highest BCUT2D eigenvalue weighted by Gasteiger charge is 2.19. The van der Waals surface area contributed by atoms with E-state index in [4.69, 9.17) is 9.84 Å². The number of aryl methyl sites for hydroxylation is 1. The first kappa shape index (κ1) is 12.6. The number of ether oxygens (including phenoxy) is 1. The van der Waals surface area contributed by atoms with E-state index < -0.39 is 5.97 Å². The Balaban J connectivity index is 1.91. The van der Waals surface area contributed by atoms with E-state index in [2.05, 4.69) is 24.0 Å². The van der Waals surface area contributed by atoms with Crippen molar-refractivity contribution in [2.24, 2.45) is 4.99 Å². The summed E-state index contributed by atoms with van der Waals surface area (Å²) in [6, 6.07) is 8.22. The summed E-state index contributed by atoms with van der Waals surface area (Å²) in [5.74, 6) is -0.0617. The Labute approximate surface area is 106 Å². The monoisotopic (exact) mass is 247 g/mol. The van der Waals surface area contributed by atoms with Gasteiger partial charge in [-0.15, -0.1) is 0 Å². The molecule has 4 nitrogen and oxygen atoms in total. The van der Waals surface area contributed by atoms with E-state index in [1.165, 1.54) is 11.1 Å². The first-order chi connectivity index (χ1) is 8.63. The molecule has 0 aromatic heterocycles. The van der Waals surface area contributed by atoms with E-state index >= 15 is 0 Å². The van der Waals surface area contributed by atoms with Gasteiger partial charge >= 0.3 is 5.97 Å². The summed E-state index contributed by atoms with van der Waals surface area (Å²) in [6.07, 6.45) is 1.38. The average molecular weight is 247 g/mol. The number of hydrogen-bond donors (Lipinski definition) is 1. The Bertz CT molecular complexity index is 468. The Kier molecular flexibility index (Phi) is 3.97. The molecule has 1 unspecified atom stereocenters. The van der Waals surface area contributed by atoms with Gasteiger partial charge in [0, 0.05) is 12.8 Å². The molecular weight excluding hydrogens is 230 g/mol. The zero-order valence-corrected chi connectivity index (χ0v) is 10.4. The Morgan fingerprint density at radius 2 is 2.39 bits per heavy atom. The van der Waals surface area contributed by atoms with E-state index in [1.807, 2.05) is 12.1 Å². The SMILES string of the molecule is Cc1cccc(CC2=NC(CCC(=O)O)CO2)c1.